The van der Waals surface area contributed by atoms with Crippen LogP contribution in [0.15, 0.2) is 72.8 Å². The monoisotopic (exact) mass is 415 g/mol. The number of carbonyl (C=O) groups is 1. The Kier molecular flexibility index (Phi) is 5.99. The third kappa shape index (κ3) is 5.26. The van der Waals surface area contributed by atoms with E-state index in [2.05, 4.69) is 35.2 Å². The summed E-state index contributed by atoms with van der Waals surface area (Å²) in [6.07, 6.45) is 1.79. The van der Waals surface area contributed by atoms with Gasteiger partial charge in [0.25, 0.3) is 0 Å². The molecule has 4 rings (SSSR count). The van der Waals surface area contributed by atoms with E-state index >= 15 is 0 Å². The zero-order chi connectivity index (χ0) is 21.8. The lowest BCUT2D eigenvalue weighted by atomic mass is 9.93. The van der Waals surface area contributed by atoms with Crippen LogP contribution in [0.3, 0.4) is 0 Å². The highest BCUT2D eigenvalue weighted by molar-refractivity contribution is 5.77. The van der Waals surface area contributed by atoms with Crippen molar-refractivity contribution in [2.45, 2.75) is 45.4 Å². The number of benzene rings is 3. The van der Waals surface area contributed by atoms with Gasteiger partial charge in [-0.05, 0) is 74.7 Å². The number of carbonyl (C=O) groups excluding carboxylic acids is 1. The van der Waals surface area contributed by atoms with Crippen LogP contribution in [0.4, 0.5) is 5.69 Å². The zero-order valence-electron chi connectivity index (χ0n) is 18.4. The number of ether oxygens (including phenoxy) is 2. The molecule has 0 aliphatic carbocycles. The number of hydrogen-bond donors (Lipinski definition) is 0. The molecular formula is C27H29NO3. The first kappa shape index (κ1) is 21.0. The largest absolute Gasteiger partial charge is 0.491 e. The highest BCUT2D eigenvalue weighted by Crippen LogP contribution is 2.30. The summed E-state index contributed by atoms with van der Waals surface area (Å²) in [4.78, 5) is 13.6. The summed E-state index contributed by atoms with van der Waals surface area (Å²) >= 11 is 0. The molecule has 3 aromatic rings. The smallest absolute Gasteiger partial charge is 0.150 e. The van der Waals surface area contributed by atoms with Crippen molar-refractivity contribution < 1.29 is 14.3 Å². The Bertz CT molecular complexity index is 1040. The van der Waals surface area contributed by atoms with Crippen LogP contribution in [0.25, 0.3) is 0 Å². The van der Waals surface area contributed by atoms with Gasteiger partial charge in [-0.1, -0.05) is 36.4 Å². The Balaban J connectivity index is 1.52. The molecule has 0 radical (unpaired) electrons. The lowest BCUT2D eigenvalue weighted by Crippen LogP contribution is -2.44. The minimum atomic E-state index is -0.228. The summed E-state index contributed by atoms with van der Waals surface area (Å²) in [5, 5.41) is 0. The van der Waals surface area contributed by atoms with E-state index in [9.17, 15) is 4.79 Å². The van der Waals surface area contributed by atoms with E-state index in [0.29, 0.717) is 12.2 Å². The second kappa shape index (κ2) is 8.84. The molecule has 0 fully saturated rings. The van der Waals surface area contributed by atoms with Crippen molar-refractivity contribution in [2.24, 2.45) is 0 Å². The maximum atomic E-state index is 11.3. The summed E-state index contributed by atoms with van der Waals surface area (Å²) in [6, 6.07) is 24.3. The van der Waals surface area contributed by atoms with Gasteiger partial charge in [-0.25, -0.2) is 0 Å². The highest BCUT2D eigenvalue weighted by atomic mass is 16.5. The van der Waals surface area contributed by atoms with Crippen molar-refractivity contribution in [3.05, 3.63) is 89.5 Å². The van der Waals surface area contributed by atoms with Crippen molar-refractivity contribution in [1.82, 2.24) is 0 Å². The Morgan fingerprint density at radius 3 is 2.35 bits per heavy atom. The van der Waals surface area contributed by atoms with Crippen molar-refractivity contribution in [2.75, 3.05) is 11.5 Å². The normalized spacial score (nSPS) is 15.8. The summed E-state index contributed by atoms with van der Waals surface area (Å²) in [6.45, 7) is 7.45. The summed E-state index contributed by atoms with van der Waals surface area (Å²) in [7, 11) is 0. The Hall–Kier alpha value is -3.27. The van der Waals surface area contributed by atoms with E-state index in [1.165, 1.54) is 11.1 Å². The predicted octanol–water partition coefficient (Wildman–Crippen LogP) is 5.69. The Morgan fingerprint density at radius 1 is 0.935 bits per heavy atom. The van der Waals surface area contributed by atoms with Gasteiger partial charge < -0.3 is 14.4 Å². The molecule has 4 heteroatoms. The van der Waals surface area contributed by atoms with Gasteiger partial charge in [0.05, 0.1) is 6.04 Å². The minimum absolute atomic E-state index is 0.169. The Morgan fingerprint density at radius 2 is 1.65 bits per heavy atom. The third-order valence-corrected chi connectivity index (χ3v) is 5.38. The fourth-order valence-electron chi connectivity index (χ4n) is 3.97. The molecule has 31 heavy (non-hydrogen) atoms. The summed E-state index contributed by atoms with van der Waals surface area (Å²) in [5.41, 5.74) is 4.17. The second-order valence-electron chi connectivity index (χ2n) is 8.96. The van der Waals surface area contributed by atoms with E-state index in [0.717, 1.165) is 36.4 Å². The van der Waals surface area contributed by atoms with Gasteiger partial charge in [0.1, 0.15) is 30.0 Å². The quantitative estimate of drug-likeness (QED) is 0.485. The second-order valence-corrected chi connectivity index (χ2v) is 8.96. The van der Waals surface area contributed by atoms with Crippen molar-refractivity contribution in [3.63, 3.8) is 0 Å². The molecule has 1 unspecified atom stereocenters. The first-order valence-electron chi connectivity index (χ1n) is 10.7. The molecule has 1 heterocycles. The molecule has 3 aromatic carbocycles. The molecule has 0 aromatic heterocycles. The number of nitrogens with zero attached hydrogens (tertiary/aromatic N) is 1. The number of hydrogen-bond acceptors (Lipinski definition) is 4. The molecule has 0 bridgehead atoms. The minimum Gasteiger partial charge on any atom is -0.491 e. The molecule has 0 amide bonds. The molecule has 0 saturated carbocycles. The SMILES string of the molecule is CC(C)(C)Oc1ccc(OCC2Cc3ccccc3CN2c2cccc(C=O)c2)cc1. The van der Waals surface area contributed by atoms with E-state index < -0.39 is 0 Å². The van der Waals surface area contributed by atoms with E-state index in [-0.39, 0.29) is 11.6 Å². The van der Waals surface area contributed by atoms with Gasteiger partial charge >= 0.3 is 0 Å². The molecular weight excluding hydrogens is 386 g/mol. The lowest BCUT2D eigenvalue weighted by Gasteiger charge is -2.38. The van der Waals surface area contributed by atoms with Crippen LogP contribution in [-0.2, 0) is 13.0 Å². The molecule has 4 nitrogen and oxygen atoms in total. The van der Waals surface area contributed by atoms with Crippen LogP contribution in [0.1, 0.15) is 42.3 Å². The van der Waals surface area contributed by atoms with E-state index in [1.807, 2.05) is 63.2 Å². The molecule has 0 spiro atoms. The van der Waals surface area contributed by atoms with Crippen LogP contribution in [-0.4, -0.2) is 24.5 Å². The molecule has 0 saturated heterocycles. The topological polar surface area (TPSA) is 38.8 Å². The number of anilines is 1. The Labute approximate surface area is 184 Å². The molecule has 1 atom stereocenters. The number of fused-ring (bicyclic) bond motifs is 1. The van der Waals surface area contributed by atoms with Gasteiger partial charge in [0.2, 0.25) is 0 Å². The maximum Gasteiger partial charge on any atom is 0.150 e. The highest BCUT2D eigenvalue weighted by Gasteiger charge is 2.27. The van der Waals surface area contributed by atoms with Crippen molar-refractivity contribution >= 4 is 12.0 Å². The molecule has 1 aliphatic heterocycles. The zero-order valence-corrected chi connectivity index (χ0v) is 18.4. The number of aldehydes is 1. The molecule has 1 aliphatic rings. The van der Waals surface area contributed by atoms with Gasteiger partial charge in [-0.3, -0.25) is 4.79 Å². The molecule has 160 valence electrons. The van der Waals surface area contributed by atoms with Crippen LogP contribution in [0.5, 0.6) is 11.5 Å². The predicted molar refractivity (Wildman–Crippen MR) is 124 cm³/mol. The van der Waals surface area contributed by atoms with E-state index in [1.54, 1.807) is 0 Å². The summed E-state index contributed by atoms with van der Waals surface area (Å²) < 4.78 is 12.1. The third-order valence-electron chi connectivity index (χ3n) is 5.38. The first-order chi connectivity index (χ1) is 14.9. The van der Waals surface area contributed by atoms with Gasteiger partial charge in [0.15, 0.2) is 0 Å². The summed E-state index contributed by atoms with van der Waals surface area (Å²) in [5.74, 6) is 1.65. The maximum absolute atomic E-state index is 11.3. The fraction of sp³-hybridized carbons (Fsp3) is 0.296. The standard InChI is InChI=1S/C27H29NO3/c1-27(2,3)31-26-13-11-25(12-14-26)30-19-24-16-21-8-4-5-9-22(21)17-28(24)23-10-6-7-20(15-23)18-29/h4-15,18,24H,16-17,19H2,1-3H3. The average Bonchev–Trinajstić information content (AvgIpc) is 2.77. The van der Waals surface area contributed by atoms with Gasteiger partial charge in [-0.15, -0.1) is 0 Å². The average molecular weight is 416 g/mol. The van der Waals surface area contributed by atoms with Gasteiger partial charge in [-0.2, -0.15) is 0 Å². The number of rotatable bonds is 6. The lowest BCUT2D eigenvalue weighted by molar-refractivity contribution is 0.112. The van der Waals surface area contributed by atoms with Crippen molar-refractivity contribution in [3.8, 4) is 11.5 Å². The van der Waals surface area contributed by atoms with Crippen LogP contribution in [0.2, 0.25) is 0 Å². The van der Waals surface area contributed by atoms with Gasteiger partial charge in [0, 0.05) is 17.8 Å². The van der Waals surface area contributed by atoms with Crippen LogP contribution < -0.4 is 14.4 Å². The van der Waals surface area contributed by atoms with E-state index in [4.69, 9.17) is 9.47 Å². The van der Waals surface area contributed by atoms with Crippen LogP contribution in [0, 0.1) is 0 Å². The first-order valence-corrected chi connectivity index (χ1v) is 10.7. The van der Waals surface area contributed by atoms with Crippen LogP contribution >= 0.6 is 0 Å². The molecule has 0 N–H and O–H groups in total. The van der Waals surface area contributed by atoms with Crippen molar-refractivity contribution in [1.29, 1.82) is 0 Å². The fourth-order valence-corrected chi connectivity index (χ4v) is 3.97.